The SMILES string of the molecule is CC1CCCN(CCNC(=O)CSCC(=O)O)C1=O. The summed E-state index contributed by atoms with van der Waals surface area (Å²) in [5.41, 5.74) is 0. The van der Waals surface area contributed by atoms with Crippen LogP contribution in [0.15, 0.2) is 0 Å². The van der Waals surface area contributed by atoms with Crippen molar-refractivity contribution < 1.29 is 19.5 Å². The molecule has 1 heterocycles. The zero-order valence-electron chi connectivity index (χ0n) is 11.1. The number of likely N-dealkylation sites (tertiary alicyclic amines) is 1. The minimum atomic E-state index is -0.925. The summed E-state index contributed by atoms with van der Waals surface area (Å²) in [6.07, 6.45) is 1.95. The molecule has 0 aromatic carbocycles. The van der Waals surface area contributed by atoms with Crippen LogP contribution in [0, 0.1) is 5.92 Å². The molecule has 2 N–H and O–H groups in total. The van der Waals surface area contributed by atoms with Gasteiger partial charge in [-0.2, -0.15) is 0 Å². The van der Waals surface area contributed by atoms with Crippen LogP contribution in [-0.2, 0) is 14.4 Å². The monoisotopic (exact) mass is 288 g/mol. The number of aliphatic carboxylic acids is 1. The average molecular weight is 288 g/mol. The minimum Gasteiger partial charge on any atom is -0.481 e. The minimum absolute atomic E-state index is 0.0739. The lowest BCUT2D eigenvalue weighted by Crippen LogP contribution is -2.44. The predicted molar refractivity (Wildman–Crippen MR) is 72.9 cm³/mol. The molecule has 0 spiro atoms. The van der Waals surface area contributed by atoms with Gasteiger partial charge in [0.05, 0.1) is 11.5 Å². The second-order valence-corrected chi connectivity index (χ2v) is 5.59. The number of carboxylic acid groups (broad SMARTS) is 1. The molecule has 6 nitrogen and oxygen atoms in total. The third-order valence-electron chi connectivity index (χ3n) is 2.96. The second kappa shape index (κ2) is 8.04. The van der Waals surface area contributed by atoms with E-state index in [9.17, 15) is 14.4 Å². The van der Waals surface area contributed by atoms with Gasteiger partial charge < -0.3 is 15.3 Å². The van der Waals surface area contributed by atoms with E-state index in [2.05, 4.69) is 5.32 Å². The van der Waals surface area contributed by atoms with Gasteiger partial charge in [-0.1, -0.05) is 6.92 Å². The summed E-state index contributed by atoms with van der Waals surface area (Å²) in [6.45, 7) is 3.63. The first-order valence-electron chi connectivity index (χ1n) is 6.35. The fourth-order valence-electron chi connectivity index (χ4n) is 1.97. The van der Waals surface area contributed by atoms with E-state index in [-0.39, 0.29) is 29.2 Å². The summed E-state index contributed by atoms with van der Waals surface area (Å²) in [6, 6.07) is 0. The number of piperidine rings is 1. The molecule has 1 fully saturated rings. The molecular weight excluding hydrogens is 268 g/mol. The van der Waals surface area contributed by atoms with Crippen molar-refractivity contribution in [3.05, 3.63) is 0 Å². The van der Waals surface area contributed by atoms with Gasteiger partial charge in [0.2, 0.25) is 11.8 Å². The normalized spacial score (nSPS) is 19.3. The number of carbonyl (C=O) groups excluding carboxylic acids is 2. The van der Waals surface area contributed by atoms with Crippen LogP contribution in [-0.4, -0.2) is 58.9 Å². The Labute approximate surface area is 116 Å². The molecule has 7 heteroatoms. The van der Waals surface area contributed by atoms with Crippen molar-refractivity contribution in [3.63, 3.8) is 0 Å². The van der Waals surface area contributed by atoms with Crippen molar-refractivity contribution in [2.45, 2.75) is 19.8 Å². The Hall–Kier alpha value is -1.24. The van der Waals surface area contributed by atoms with Crippen LogP contribution >= 0.6 is 11.8 Å². The Morgan fingerprint density at radius 3 is 2.89 bits per heavy atom. The maximum Gasteiger partial charge on any atom is 0.313 e. The van der Waals surface area contributed by atoms with Gasteiger partial charge in [-0.05, 0) is 12.8 Å². The van der Waals surface area contributed by atoms with Crippen molar-refractivity contribution in [2.75, 3.05) is 31.1 Å². The molecule has 1 unspecified atom stereocenters. The van der Waals surface area contributed by atoms with Crippen LogP contribution < -0.4 is 5.32 Å². The van der Waals surface area contributed by atoms with Gasteiger partial charge in [0.15, 0.2) is 0 Å². The number of amides is 2. The topological polar surface area (TPSA) is 86.7 Å². The predicted octanol–water partition coefficient (Wildman–Crippen LogP) is 0.179. The van der Waals surface area contributed by atoms with Crippen LogP contribution in [0.1, 0.15) is 19.8 Å². The van der Waals surface area contributed by atoms with Crippen molar-refractivity contribution in [1.82, 2.24) is 10.2 Å². The van der Waals surface area contributed by atoms with Crippen LogP contribution in [0.2, 0.25) is 0 Å². The number of nitrogens with zero attached hydrogens (tertiary/aromatic N) is 1. The standard InChI is InChI=1S/C12H20N2O4S/c1-9-3-2-5-14(12(9)18)6-4-13-10(15)7-19-8-11(16)17/h9H,2-8H2,1H3,(H,13,15)(H,16,17). The maximum absolute atomic E-state index is 11.8. The highest BCUT2D eigenvalue weighted by molar-refractivity contribution is 8.00. The lowest BCUT2D eigenvalue weighted by atomic mass is 9.99. The quantitative estimate of drug-likeness (QED) is 0.698. The Balaban J connectivity index is 2.14. The summed E-state index contributed by atoms with van der Waals surface area (Å²) in [5, 5.41) is 11.1. The van der Waals surface area contributed by atoms with Gasteiger partial charge in [0.25, 0.3) is 0 Å². The molecule has 0 aromatic rings. The van der Waals surface area contributed by atoms with E-state index >= 15 is 0 Å². The first kappa shape index (κ1) is 15.8. The Morgan fingerprint density at radius 2 is 2.21 bits per heavy atom. The van der Waals surface area contributed by atoms with Crippen LogP contribution in [0.5, 0.6) is 0 Å². The molecule has 1 saturated heterocycles. The number of carboxylic acids is 1. The average Bonchev–Trinajstić information content (AvgIpc) is 2.34. The van der Waals surface area contributed by atoms with E-state index in [0.29, 0.717) is 13.1 Å². The van der Waals surface area contributed by atoms with Crippen LogP contribution in [0.25, 0.3) is 0 Å². The van der Waals surface area contributed by atoms with Crippen molar-refractivity contribution in [3.8, 4) is 0 Å². The highest BCUT2D eigenvalue weighted by atomic mass is 32.2. The van der Waals surface area contributed by atoms with Crippen LogP contribution in [0.4, 0.5) is 0 Å². The molecule has 0 radical (unpaired) electrons. The summed E-state index contributed by atoms with van der Waals surface area (Å²) in [4.78, 5) is 35.2. The van der Waals surface area contributed by atoms with Gasteiger partial charge in [-0.15, -0.1) is 11.8 Å². The third kappa shape index (κ3) is 5.96. The van der Waals surface area contributed by atoms with E-state index in [0.717, 1.165) is 31.1 Å². The van der Waals surface area contributed by atoms with Gasteiger partial charge in [0, 0.05) is 25.6 Å². The first-order chi connectivity index (χ1) is 9.00. The summed E-state index contributed by atoms with van der Waals surface area (Å²) >= 11 is 1.06. The molecule has 0 saturated carbocycles. The molecule has 19 heavy (non-hydrogen) atoms. The number of carbonyl (C=O) groups is 3. The van der Waals surface area contributed by atoms with Crippen LogP contribution in [0.3, 0.4) is 0 Å². The van der Waals surface area contributed by atoms with Crippen molar-refractivity contribution >= 4 is 29.5 Å². The number of hydrogen-bond donors (Lipinski definition) is 2. The smallest absolute Gasteiger partial charge is 0.313 e. The first-order valence-corrected chi connectivity index (χ1v) is 7.51. The lowest BCUT2D eigenvalue weighted by Gasteiger charge is -2.30. The number of rotatable bonds is 7. The van der Waals surface area contributed by atoms with E-state index in [1.807, 2.05) is 6.92 Å². The van der Waals surface area contributed by atoms with Gasteiger partial charge in [0.1, 0.15) is 0 Å². The molecule has 1 atom stereocenters. The molecule has 1 aliphatic rings. The highest BCUT2D eigenvalue weighted by Gasteiger charge is 2.24. The van der Waals surface area contributed by atoms with Crippen molar-refractivity contribution in [1.29, 1.82) is 0 Å². The van der Waals surface area contributed by atoms with E-state index in [4.69, 9.17) is 5.11 Å². The van der Waals surface area contributed by atoms with Gasteiger partial charge in [-0.25, -0.2) is 0 Å². The largest absolute Gasteiger partial charge is 0.481 e. The molecule has 108 valence electrons. The summed E-state index contributed by atoms with van der Waals surface area (Å²) in [5.74, 6) is -0.822. The number of thioether (sulfide) groups is 1. The second-order valence-electron chi connectivity index (χ2n) is 4.61. The van der Waals surface area contributed by atoms with Gasteiger partial charge in [-0.3, -0.25) is 14.4 Å². The van der Waals surface area contributed by atoms with Gasteiger partial charge >= 0.3 is 5.97 Å². The Kier molecular flexibility index (Phi) is 6.69. The molecule has 0 aliphatic carbocycles. The molecule has 1 aliphatic heterocycles. The zero-order valence-corrected chi connectivity index (χ0v) is 11.9. The Morgan fingerprint density at radius 1 is 1.47 bits per heavy atom. The highest BCUT2D eigenvalue weighted by Crippen LogP contribution is 2.16. The van der Waals surface area contributed by atoms with E-state index < -0.39 is 5.97 Å². The van der Waals surface area contributed by atoms with E-state index in [1.54, 1.807) is 4.90 Å². The third-order valence-corrected chi connectivity index (χ3v) is 3.88. The Bertz CT molecular complexity index is 349. The fraction of sp³-hybridized carbons (Fsp3) is 0.750. The number of hydrogen-bond acceptors (Lipinski definition) is 4. The molecule has 0 aromatic heterocycles. The fourth-order valence-corrected chi connectivity index (χ4v) is 2.53. The molecule has 2 amide bonds. The zero-order chi connectivity index (χ0) is 14.3. The molecular formula is C12H20N2O4S. The summed E-state index contributed by atoms with van der Waals surface area (Å²) in [7, 11) is 0. The molecule has 1 rings (SSSR count). The van der Waals surface area contributed by atoms with E-state index in [1.165, 1.54) is 0 Å². The van der Waals surface area contributed by atoms with Crippen molar-refractivity contribution in [2.24, 2.45) is 5.92 Å². The lowest BCUT2D eigenvalue weighted by molar-refractivity contribution is -0.138. The molecule has 0 bridgehead atoms. The summed E-state index contributed by atoms with van der Waals surface area (Å²) < 4.78 is 0. The maximum atomic E-state index is 11.8. The number of nitrogens with one attached hydrogen (secondary N) is 1.